The summed E-state index contributed by atoms with van der Waals surface area (Å²) < 4.78 is 5.43. The molecular formula is C21H34N4O2S. The van der Waals surface area contributed by atoms with E-state index in [4.69, 9.17) is 15.5 Å². The zero-order chi connectivity index (χ0) is 20.4. The number of benzene rings is 1. The van der Waals surface area contributed by atoms with Gasteiger partial charge in [-0.05, 0) is 43.7 Å². The number of methoxy groups -OCH3 is 1. The first-order valence-corrected chi connectivity index (χ1v) is 11.1. The average molecular weight is 407 g/mol. The Labute approximate surface area is 173 Å². The van der Waals surface area contributed by atoms with Gasteiger partial charge in [0.25, 0.3) is 0 Å². The van der Waals surface area contributed by atoms with Gasteiger partial charge in [-0.25, -0.2) is 0 Å². The lowest BCUT2D eigenvalue weighted by Crippen LogP contribution is -2.47. The number of rotatable bonds is 9. The van der Waals surface area contributed by atoms with Gasteiger partial charge in [0, 0.05) is 43.2 Å². The number of para-hydroxylation sites is 1. The van der Waals surface area contributed by atoms with E-state index in [2.05, 4.69) is 30.1 Å². The number of amides is 1. The zero-order valence-electron chi connectivity index (χ0n) is 17.3. The second kappa shape index (κ2) is 11.8. The van der Waals surface area contributed by atoms with Gasteiger partial charge >= 0.3 is 0 Å². The molecule has 1 aliphatic heterocycles. The molecule has 0 bridgehead atoms. The Bertz CT molecular complexity index is 653. The van der Waals surface area contributed by atoms with Crippen LogP contribution in [0.5, 0.6) is 5.75 Å². The first-order chi connectivity index (χ1) is 13.5. The lowest BCUT2D eigenvalue weighted by Gasteiger charge is -2.34. The summed E-state index contributed by atoms with van der Waals surface area (Å²) in [5, 5.41) is 3.41. The van der Waals surface area contributed by atoms with Gasteiger partial charge in [-0.3, -0.25) is 9.79 Å². The van der Waals surface area contributed by atoms with Crippen LogP contribution < -0.4 is 15.8 Å². The molecule has 0 saturated carbocycles. The quantitative estimate of drug-likeness (QED) is 0.374. The molecule has 1 aliphatic rings. The van der Waals surface area contributed by atoms with E-state index in [1.807, 2.05) is 30.0 Å². The van der Waals surface area contributed by atoms with Crippen LogP contribution in [-0.4, -0.2) is 55.8 Å². The van der Waals surface area contributed by atoms with Crippen molar-refractivity contribution >= 4 is 23.6 Å². The molecule has 0 aromatic heterocycles. The molecule has 7 heteroatoms. The molecule has 1 fully saturated rings. The van der Waals surface area contributed by atoms with Crippen molar-refractivity contribution in [2.75, 3.05) is 39.0 Å². The fourth-order valence-electron chi connectivity index (χ4n) is 3.40. The molecule has 2 unspecified atom stereocenters. The second-order valence-electron chi connectivity index (χ2n) is 7.39. The van der Waals surface area contributed by atoms with E-state index < -0.39 is 0 Å². The third-order valence-corrected chi connectivity index (χ3v) is 6.17. The van der Waals surface area contributed by atoms with Crippen LogP contribution in [0.3, 0.4) is 0 Å². The van der Waals surface area contributed by atoms with Crippen molar-refractivity contribution in [1.29, 1.82) is 0 Å². The molecule has 3 N–H and O–H groups in total. The standard InChI is InChI=1S/C21H34N4O2S/c1-4-23-21(25-11-7-8-17(14-25)12-20(22)26)24-13-16(2)15-28-19-10-6-5-9-18(19)27-3/h5-6,9-10,16-17H,4,7-8,11-15H2,1-3H3,(H2,22,26)(H,23,24). The number of ether oxygens (including phenoxy) is 1. The molecule has 1 aromatic carbocycles. The highest BCUT2D eigenvalue weighted by Crippen LogP contribution is 2.30. The normalized spacial score (nSPS) is 18.6. The van der Waals surface area contributed by atoms with Gasteiger partial charge < -0.3 is 20.7 Å². The first-order valence-electron chi connectivity index (χ1n) is 10.1. The van der Waals surface area contributed by atoms with Crippen molar-refractivity contribution in [2.24, 2.45) is 22.6 Å². The fraction of sp³-hybridized carbons (Fsp3) is 0.619. The van der Waals surface area contributed by atoms with Crippen molar-refractivity contribution in [3.05, 3.63) is 24.3 Å². The number of hydrogen-bond acceptors (Lipinski definition) is 4. The van der Waals surface area contributed by atoms with Crippen molar-refractivity contribution in [3.63, 3.8) is 0 Å². The number of primary amides is 1. The topological polar surface area (TPSA) is 80.0 Å². The average Bonchev–Trinajstić information content (AvgIpc) is 2.69. The van der Waals surface area contributed by atoms with E-state index in [1.54, 1.807) is 7.11 Å². The van der Waals surface area contributed by atoms with Gasteiger partial charge in [0.2, 0.25) is 5.91 Å². The second-order valence-corrected chi connectivity index (χ2v) is 8.45. The minimum Gasteiger partial charge on any atom is -0.496 e. The van der Waals surface area contributed by atoms with Gasteiger partial charge in [-0.1, -0.05) is 19.1 Å². The first kappa shape index (κ1) is 22.4. The number of carbonyl (C=O) groups excluding carboxylic acids is 1. The Morgan fingerprint density at radius 3 is 2.96 bits per heavy atom. The maximum absolute atomic E-state index is 11.3. The molecule has 1 amide bonds. The Balaban J connectivity index is 1.91. The minimum atomic E-state index is -0.212. The van der Waals surface area contributed by atoms with Crippen molar-refractivity contribution in [1.82, 2.24) is 10.2 Å². The van der Waals surface area contributed by atoms with E-state index in [0.717, 1.165) is 61.4 Å². The highest BCUT2D eigenvalue weighted by molar-refractivity contribution is 7.99. The molecular weight excluding hydrogens is 372 g/mol. The molecule has 156 valence electrons. The fourth-order valence-corrected chi connectivity index (χ4v) is 4.44. The molecule has 2 atom stereocenters. The number of nitrogens with one attached hydrogen (secondary N) is 1. The van der Waals surface area contributed by atoms with Crippen molar-refractivity contribution in [2.45, 2.75) is 38.0 Å². The van der Waals surface area contributed by atoms with Gasteiger partial charge in [-0.2, -0.15) is 0 Å². The molecule has 1 aromatic rings. The largest absolute Gasteiger partial charge is 0.496 e. The summed E-state index contributed by atoms with van der Waals surface area (Å²) in [6.45, 7) is 7.73. The third-order valence-electron chi connectivity index (χ3n) is 4.79. The molecule has 2 rings (SSSR count). The Hall–Kier alpha value is -1.89. The van der Waals surface area contributed by atoms with Crippen LogP contribution in [-0.2, 0) is 4.79 Å². The monoisotopic (exact) mass is 406 g/mol. The van der Waals surface area contributed by atoms with Crippen LogP contribution >= 0.6 is 11.8 Å². The summed E-state index contributed by atoms with van der Waals surface area (Å²) >= 11 is 1.81. The number of guanidine groups is 1. The number of nitrogens with zero attached hydrogens (tertiary/aromatic N) is 2. The summed E-state index contributed by atoms with van der Waals surface area (Å²) in [5.74, 6) is 3.41. The number of carbonyl (C=O) groups is 1. The predicted octanol–water partition coefficient (Wildman–Crippen LogP) is 2.98. The maximum Gasteiger partial charge on any atom is 0.217 e. The van der Waals surface area contributed by atoms with Gasteiger partial charge in [0.1, 0.15) is 5.75 Å². The van der Waals surface area contributed by atoms with E-state index >= 15 is 0 Å². The smallest absolute Gasteiger partial charge is 0.217 e. The van der Waals surface area contributed by atoms with Crippen LogP contribution in [0.2, 0.25) is 0 Å². The summed E-state index contributed by atoms with van der Waals surface area (Å²) in [7, 11) is 1.71. The van der Waals surface area contributed by atoms with E-state index in [0.29, 0.717) is 18.3 Å². The van der Waals surface area contributed by atoms with Crippen LogP contribution in [0.25, 0.3) is 0 Å². The van der Waals surface area contributed by atoms with Crippen LogP contribution in [0.1, 0.15) is 33.1 Å². The molecule has 0 aliphatic carbocycles. The Morgan fingerprint density at radius 2 is 2.25 bits per heavy atom. The summed E-state index contributed by atoms with van der Waals surface area (Å²) in [4.78, 5) is 19.6. The van der Waals surface area contributed by atoms with Crippen molar-refractivity contribution < 1.29 is 9.53 Å². The van der Waals surface area contributed by atoms with Crippen molar-refractivity contribution in [3.8, 4) is 5.75 Å². The lowest BCUT2D eigenvalue weighted by atomic mass is 9.95. The summed E-state index contributed by atoms with van der Waals surface area (Å²) in [6.07, 6.45) is 2.59. The number of hydrogen-bond donors (Lipinski definition) is 2. The number of nitrogens with two attached hydrogens (primary N) is 1. The molecule has 0 spiro atoms. The van der Waals surface area contributed by atoms with E-state index in [1.165, 1.54) is 0 Å². The Morgan fingerprint density at radius 1 is 1.46 bits per heavy atom. The number of piperidine rings is 1. The summed E-state index contributed by atoms with van der Waals surface area (Å²) in [5.41, 5.74) is 5.39. The molecule has 1 saturated heterocycles. The Kier molecular flexibility index (Phi) is 9.47. The number of thioether (sulfide) groups is 1. The molecule has 0 radical (unpaired) electrons. The van der Waals surface area contributed by atoms with E-state index in [-0.39, 0.29) is 5.91 Å². The number of aliphatic imine (C=N–C) groups is 1. The minimum absolute atomic E-state index is 0.212. The van der Waals surface area contributed by atoms with E-state index in [9.17, 15) is 4.79 Å². The van der Waals surface area contributed by atoms with Gasteiger partial charge in [0.05, 0.1) is 7.11 Å². The molecule has 6 nitrogen and oxygen atoms in total. The van der Waals surface area contributed by atoms with Gasteiger partial charge in [-0.15, -0.1) is 11.8 Å². The highest BCUT2D eigenvalue weighted by Gasteiger charge is 2.23. The SMILES string of the molecule is CCNC(=NCC(C)CSc1ccccc1OC)N1CCCC(CC(N)=O)C1. The summed E-state index contributed by atoms with van der Waals surface area (Å²) in [6, 6.07) is 8.11. The van der Waals surface area contributed by atoms with Crippen LogP contribution in [0.15, 0.2) is 34.2 Å². The number of likely N-dealkylation sites (tertiary alicyclic amines) is 1. The highest BCUT2D eigenvalue weighted by atomic mass is 32.2. The third kappa shape index (κ3) is 7.26. The molecule has 28 heavy (non-hydrogen) atoms. The van der Waals surface area contributed by atoms with Gasteiger partial charge in [0.15, 0.2) is 5.96 Å². The van der Waals surface area contributed by atoms with Crippen LogP contribution in [0, 0.1) is 11.8 Å². The predicted molar refractivity (Wildman–Crippen MR) is 117 cm³/mol. The van der Waals surface area contributed by atoms with Crippen LogP contribution in [0.4, 0.5) is 0 Å². The molecule has 1 heterocycles. The zero-order valence-corrected chi connectivity index (χ0v) is 18.1. The lowest BCUT2D eigenvalue weighted by molar-refractivity contribution is -0.119. The maximum atomic E-state index is 11.3.